The van der Waals surface area contributed by atoms with E-state index in [0.29, 0.717) is 0 Å². The van der Waals surface area contributed by atoms with E-state index < -0.39 is 7.14 Å². The van der Waals surface area contributed by atoms with Crippen molar-refractivity contribution in [2.45, 2.75) is 0 Å². The Kier molecular flexibility index (Phi) is 5.01. The summed E-state index contributed by atoms with van der Waals surface area (Å²) < 4.78 is 16.5. The van der Waals surface area contributed by atoms with E-state index in [4.69, 9.17) is 4.98 Å². The van der Waals surface area contributed by atoms with E-state index in [0.717, 1.165) is 59.9 Å². The Morgan fingerprint density at radius 2 is 1.27 bits per heavy atom. The summed E-state index contributed by atoms with van der Waals surface area (Å²) in [7, 11) is -2.80. The number of hydrogen-bond acceptors (Lipinski definition) is 2. The maximum Gasteiger partial charge on any atom is 0.146 e. The highest BCUT2D eigenvalue weighted by Gasteiger charge is 2.23. The largest absolute Gasteiger partial charge is 0.314 e. The molecule has 0 N–H and O–H groups in total. The maximum absolute atomic E-state index is 14.2. The first-order valence-electron chi connectivity index (χ1n) is 13.5. The van der Waals surface area contributed by atoms with Crippen molar-refractivity contribution < 1.29 is 4.57 Å². The van der Waals surface area contributed by atoms with Crippen LogP contribution in [-0.4, -0.2) is 16.0 Å². The lowest BCUT2D eigenvalue weighted by molar-refractivity contribution is 0.590. The normalized spacial score (nSPS) is 13.4. The van der Waals surface area contributed by atoms with Crippen molar-refractivity contribution in [3.05, 3.63) is 133 Å². The molecule has 1 atom stereocenters. The lowest BCUT2D eigenvalue weighted by Crippen LogP contribution is -2.15. The Morgan fingerprint density at radius 1 is 0.550 bits per heavy atom. The van der Waals surface area contributed by atoms with Crippen LogP contribution in [0.2, 0.25) is 0 Å². The fraction of sp³-hybridized carbons (Fsp3) is 0.0278. The molecule has 0 saturated heterocycles. The second-order valence-electron chi connectivity index (χ2n) is 10.5. The highest BCUT2D eigenvalue weighted by Crippen LogP contribution is 2.41. The van der Waals surface area contributed by atoms with Gasteiger partial charge in [0.15, 0.2) is 0 Å². The Bertz CT molecular complexity index is 2300. The molecule has 0 bridgehead atoms. The number of rotatable bonds is 3. The Hall–Kier alpha value is -4.72. The van der Waals surface area contributed by atoms with Crippen LogP contribution in [0.25, 0.3) is 60.3 Å². The number of imidazole rings is 1. The Balaban J connectivity index is 1.53. The highest BCUT2D eigenvalue weighted by atomic mass is 31.2. The minimum Gasteiger partial charge on any atom is -0.314 e. The van der Waals surface area contributed by atoms with Crippen LogP contribution in [0.15, 0.2) is 133 Å². The SMILES string of the molecule is CP(=O)(c1ccccc1)c1ccc2c3ccc(-c4ccccc4)cc3c3nc4c5ccccc5ccc4n3c2c1. The summed E-state index contributed by atoms with van der Waals surface area (Å²) >= 11 is 0. The Labute approximate surface area is 231 Å². The summed E-state index contributed by atoms with van der Waals surface area (Å²) in [5.74, 6) is 0. The van der Waals surface area contributed by atoms with Gasteiger partial charge in [0.2, 0.25) is 0 Å². The van der Waals surface area contributed by atoms with Crippen LogP contribution in [0.4, 0.5) is 0 Å². The van der Waals surface area contributed by atoms with Crippen LogP contribution in [-0.2, 0) is 4.57 Å². The van der Waals surface area contributed by atoms with Crippen LogP contribution in [0, 0.1) is 0 Å². The van der Waals surface area contributed by atoms with Crippen molar-refractivity contribution in [3.63, 3.8) is 0 Å². The zero-order chi connectivity index (χ0) is 26.8. The molecule has 1 unspecified atom stereocenters. The van der Waals surface area contributed by atoms with Gasteiger partial charge >= 0.3 is 0 Å². The summed E-state index contributed by atoms with van der Waals surface area (Å²) in [5.41, 5.74) is 6.29. The molecule has 0 aliphatic rings. The van der Waals surface area contributed by atoms with Gasteiger partial charge in [-0.05, 0) is 46.8 Å². The lowest BCUT2D eigenvalue weighted by atomic mass is 9.99. The zero-order valence-electron chi connectivity index (χ0n) is 22.0. The van der Waals surface area contributed by atoms with Gasteiger partial charge in [-0.15, -0.1) is 0 Å². The van der Waals surface area contributed by atoms with E-state index in [-0.39, 0.29) is 0 Å². The molecule has 2 heterocycles. The van der Waals surface area contributed by atoms with Gasteiger partial charge in [0.05, 0.1) is 16.6 Å². The van der Waals surface area contributed by atoms with Crippen molar-refractivity contribution in [2.24, 2.45) is 0 Å². The lowest BCUT2D eigenvalue weighted by Gasteiger charge is -2.16. The molecule has 0 spiro atoms. The highest BCUT2D eigenvalue weighted by molar-refractivity contribution is 7.78. The van der Waals surface area contributed by atoms with Crippen LogP contribution in [0.1, 0.15) is 0 Å². The molecule has 0 radical (unpaired) electrons. The number of hydrogen-bond donors (Lipinski definition) is 0. The summed E-state index contributed by atoms with van der Waals surface area (Å²) in [6.07, 6.45) is 0. The van der Waals surface area contributed by atoms with Gasteiger partial charge in [0.25, 0.3) is 0 Å². The molecule has 4 heteroatoms. The number of nitrogens with zero attached hydrogens (tertiary/aromatic N) is 2. The van der Waals surface area contributed by atoms with Crippen molar-refractivity contribution in [1.29, 1.82) is 0 Å². The van der Waals surface area contributed by atoms with Crippen molar-refractivity contribution in [2.75, 3.05) is 6.66 Å². The third-order valence-corrected chi connectivity index (χ3v) is 10.7. The minimum absolute atomic E-state index is 0.843. The molecule has 0 fully saturated rings. The molecular formula is C36H25N2OP. The van der Waals surface area contributed by atoms with E-state index in [1.165, 1.54) is 10.9 Å². The fourth-order valence-electron chi connectivity index (χ4n) is 6.07. The minimum atomic E-state index is -2.80. The zero-order valence-corrected chi connectivity index (χ0v) is 22.8. The van der Waals surface area contributed by atoms with Crippen LogP contribution < -0.4 is 10.6 Å². The van der Waals surface area contributed by atoms with E-state index >= 15 is 0 Å². The summed E-state index contributed by atoms with van der Waals surface area (Å²) in [4.78, 5) is 5.30. The third kappa shape index (κ3) is 3.38. The molecule has 8 aromatic rings. The predicted octanol–water partition coefficient (Wildman–Crippen LogP) is 8.56. The first-order valence-corrected chi connectivity index (χ1v) is 15.6. The molecule has 6 aromatic carbocycles. The second-order valence-corrected chi connectivity index (χ2v) is 13.4. The first-order chi connectivity index (χ1) is 19.6. The van der Waals surface area contributed by atoms with Crippen molar-refractivity contribution >= 4 is 66.9 Å². The molecule has 0 aliphatic heterocycles. The van der Waals surface area contributed by atoms with E-state index in [1.807, 2.05) is 49.1 Å². The first kappa shape index (κ1) is 23.2. The van der Waals surface area contributed by atoms with E-state index in [2.05, 4.69) is 95.4 Å². The van der Waals surface area contributed by atoms with E-state index in [1.54, 1.807) is 0 Å². The fourth-order valence-corrected chi connectivity index (χ4v) is 7.84. The molecule has 0 aliphatic carbocycles. The quantitative estimate of drug-likeness (QED) is 0.169. The van der Waals surface area contributed by atoms with Crippen LogP contribution in [0.3, 0.4) is 0 Å². The summed E-state index contributed by atoms with van der Waals surface area (Å²) in [6, 6.07) is 46.0. The summed E-state index contributed by atoms with van der Waals surface area (Å²) in [5, 5.41) is 7.36. The molecule has 3 nitrogen and oxygen atoms in total. The maximum atomic E-state index is 14.2. The van der Waals surface area contributed by atoms with Gasteiger partial charge in [0, 0.05) is 26.8 Å². The van der Waals surface area contributed by atoms with Crippen molar-refractivity contribution in [1.82, 2.24) is 9.38 Å². The van der Waals surface area contributed by atoms with Gasteiger partial charge in [-0.2, -0.15) is 0 Å². The van der Waals surface area contributed by atoms with Gasteiger partial charge in [-0.1, -0.05) is 115 Å². The van der Waals surface area contributed by atoms with Gasteiger partial charge in [0.1, 0.15) is 12.8 Å². The van der Waals surface area contributed by atoms with Crippen LogP contribution in [0.5, 0.6) is 0 Å². The smallest absolute Gasteiger partial charge is 0.146 e. The number of fused-ring (bicyclic) bond motifs is 10. The molecule has 0 saturated carbocycles. The number of benzene rings is 6. The number of pyridine rings is 1. The number of aromatic nitrogens is 2. The van der Waals surface area contributed by atoms with E-state index in [9.17, 15) is 4.57 Å². The summed E-state index contributed by atoms with van der Waals surface area (Å²) in [6.45, 7) is 1.87. The van der Waals surface area contributed by atoms with Gasteiger partial charge < -0.3 is 4.57 Å². The van der Waals surface area contributed by atoms with Gasteiger partial charge in [-0.3, -0.25) is 4.40 Å². The van der Waals surface area contributed by atoms with Crippen molar-refractivity contribution in [3.8, 4) is 11.1 Å². The molecule has 190 valence electrons. The average Bonchev–Trinajstić information content (AvgIpc) is 3.42. The molecule has 2 aromatic heterocycles. The second kappa shape index (κ2) is 8.64. The molecular weight excluding hydrogens is 507 g/mol. The monoisotopic (exact) mass is 532 g/mol. The van der Waals surface area contributed by atoms with Crippen LogP contribution >= 0.6 is 7.14 Å². The average molecular weight is 533 g/mol. The third-order valence-electron chi connectivity index (χ3n) is 8.17. The molecule has 40 heavy (non-hydrogen) atoms. The Morgan fingerprint density at radius 3 is 2.10 bits per heavy atom. The standard InChI is InChI=1S/C36H25N2OP/c1-40(39,27-13-6-3-7-14-27)28-18-20-31-30-19-16-26(24-10-4-2-5-11-24)22-32(30)36-37-35-29-15-9-8-12-25(29)17-21-33(35)38(36)34(31)23-28/h2-23H,1H3. The van der Waals surface area contributed by atoms with Gasteiger partial charge in [-0.25, -0.2) is 4.98 Å². The topological polar surface area (TPSA) is 34.4 Å². The molecule has 0 amide bonds. The predicted molar refractivity (Wildman–Crippen MR) is 170 cm³/mol. The molecule has 8 rings (SSSR count).